The lowest BCUT2D eigenvalue weighted by Gasteiger charge is -2.26. The fourth-order valence-corrected chi connectivity index (χ4v) is 2.77. The van der Waals surface area contributed by atoms with Crippen molar-refractivity contribution in [3.8, 4) is 5.75 Å². The average molecular weight is 338 g/mol. The summed E-state index contributed by atoms with van der Waals surface area (Å²) in [6, 6.07) is 15.7. The molecular formula is C20H22N2O3. The van der Waals surface area contributed by atoms with Gasteiger partial charge in [-0.3, -0.25) is 0 Å². The number of anilines is 1. The van der Waals surface area contributed by atoms with Crippen molar-refractivity contribution in [1.82, 2.24) is 5.32 Å². The van der Waals surface area contributed by atoms with Crippen LogP contribution in [-0.4, -0.2) is 25.3 Å². The topological polar surface area (TPSA) is 59.6 Å². The highest BCUT2D eigenvalue weighted by molar-refractivity contribution is 5.89. The van der Waals surface area contributed by atoms with E-state index in [-0.39, 0.29) is 12.1 Å². The van der Waals surface area contributed by atoms with E-state index in [1.165, 1.54) is 18.4 Å². The number of nitrogens with one attached hydrogen (secondary N) is 2. The van der Waals surface area contributed by atoms with E-state index in [0.717, 1.165) is 22.9 Å². The molecule has 0 bridgehead atoms. The van der Waals surface area contributed by atoms with E-state index in [0.29, 0.717) is 19.8 Å². The zero-order chi connectivity index (χ0) is 17.1. The molecule has 130 valence electrons. The summed E-state index contributed by atoms with van der Waals surface area (Å²) in [5, 5.41) is 5.71. The van der Waals surface area contributed by atoms with Gasteiger partial charge in [0.1, 0.15) is 11.9 Å². The minimum Gasteiger partial charge on any atom is -0.486 e. The van der Waals surface area contributed by atoms with Gasteiger partial charge in [0, 0.05) is 12.2 Å². The Morgan fingerprint density at radius 2 is 1.76 bits per heavy atom. The van der Waals surface area contributed by atoms with Crippen LogP contribution in [0.25, 0.3) is 0 Å². The largest absolute Gasteiger partial charge is 0.486 e. The van der Waals surface area contributed by atoms with Crippen LogP contribution in [0.3, 0.4) is 0 Å². The molecule has 2 amide bonds. The maximum Gasteiger partial charge on any atom is 0.319 e. The molecule has 4 rings (SSSR count). The summed E-state index contributed by atoms with van der Waals surface area (Å²) < 4.78 is 10.8. The summed E-state index contributed by atoms with van der Waals surface area (Å²) in [5.74, 6) is 1.55. The molecule has 2 aliphatic rings. The Balaban J connectivity index is 1.23. The lowest BCUT2D eigenvalue weighted by molar-refractivity contribution is -0.0796. The monoisotopic (exact) mass is 338 g/mol. The molecule has 5 heteroatoms. The van der Waals surface area contributed by atoms with Crippen molar-refractivity contribution < 1.29 is 14.3 Å². The van der Waals surface area contributed by atoms with Gasteiger partial charge in [-0.1, -0.05) is 24.3 Å². The molecule has 0 unspecified atom stereocenters. The smallest absolute Gasteiger partial charge is 0.319 e. The maximum atomic E-state index is 12.0. The molecule has 0 aromatic heterocycles. The van der Waals surface area contributed by atoms with E-state index >= 15 is 0 Å². The number of ether oxygens (including phenoxy) is 2. The molecule has 1 saturated carbocycles. The van der Waals surface area contributed by atoms with Gasteiger partial charge in [0.05, 0.1) is 13.2 Å². The second-order valence-corrected chi connectivity index (χ2v) is 6.63. The van der Waals surface area contributed by atoms with Crippen LogP contribution in [0.4, 0.5) is 10.5 Å². The van der Waals surface area contributed by atoms with Crippen LogP contribution in [0, 0.1) is 0 Å². The Morgan fingerprint density at radius 3 is 2.36 bits per heavy atom. The van der Waals surface area contributed by atoms with E-state index in [9.17, 15) is 4.79 Å². The number of amides is 2. The van der Waals surface area contributed by atoms with Crippen LogP contribution in [0.5, 0.6) is 5.75 Å². The minimum absolute atomic E-state index is 0.147. The second kappa shape index (κ2) is 7.15. The number of hydrogen-bond donors (Lipinski definition) is 2. The number of benzene rings is 2. The van der Waals surface area contributed by atoms with Crippen LogP contribution in [-0.2, 0) is 11.3 Å². The lowest BCUT2D eigenvalue weighted by Crippen LogP contribution is -2.38. The van der Waals surface area contributed by atoms with Crippen molar-refractivity contribution >= 4 is 11.7 Å². The number of hydrogen-bond acceptors (Lipinski definition) is 3. The summed E-state index contributed by atoms with van der Waals surface area (Å²) in [5.41, 5.74) is 3.24. The SMILES string of the molecule is O=C(NCc1ccc(C2CC2)cc1)Nc1ccc(OC2COC2)cc1. The van der Waals surface area contributed by atoms with Crippen LogP contribution in [0.2, 0.25) is 0 Å². The first-order valence-corrected chi connectivity index (χ1v) is 8.74. The Morgan fingerprint density at radius 1 is 1.04 bits per heavy atom. The summed E-state index contributed by atoms with van der Waals surface area (Å²) in [7, 11) is 0. The quantitative estimate of drug-likeness (QED) is 0.845. The van der Waals surface area contributed by atoms with Crippen molar-refractivity contribution in [2.45, 2.75) is 31.4 Å². The van der Waals surface area contributed by atoms with E-state index in [1.54, 1.807) is 0 Å². The van der Waals surface area contributed by atoms with Crippen molar-refractivity contribution in [3.05, 3.63) is 59.7 Å². The minimum atomic E-state index is -0.215. The highest BCUT2D eigenvalue weighted by Gasteiger charge is 2.23. The number of rotatable bonds is 6. The number of urea groups is 1. The zero-order valence-electron chi connectivity index (χ0n) is 14.0. The summed E-state index contributed by atoms with van der Waals surface area (Å²) in [4.78, 5) is 12.0. The van der Waals surface area contributed by atoms with Crippen LogP contribution in [0.1, 0.15) is 29.9 Å². The molecule has 25 heavy (non-hydrogen) atoms. The molecule has 2 aromatic rings. The molecule has 2 N–H and O–H groups in total. The molecule has 0 radical (unpaired) electrons. The molecular weight excluding hydrogens is 316 g/mol. The van der Waals surface area contributed by atoms with E-state index < -0.39 is 0 Å². The van der Waals surface area contributed by atoms with Gasteiger partial charge < -0.3 is 20.1 Å². The Labute approximate surface area is 147 Å². The lowest BCUT2D eigenvalue weighted by atomic mass is 10.1. The third kappa shape index (κ3) is 4.31. The summed E-state index contributed by atoms with van der Waals surface area (Å²) >= 11 is 0. The zero-order valence-corrected chi connectivity index (χ0v) is 14.0. The first kappa shape index (κ1) is 16.0. The fraction of sp³-hybridized carbons (Fsp3) is 0.350. The molecule has 1 aliphatic heterocycles. The third-order valence-electron chi connectivity index (χ3n) is 4.50. The van der Waals surface area contributed by atoms with Gasteiger partial charge in [-0.05, 0) is 54.2 Å². The number of carbonyl (C=O) groups is 1. The van der Waals surface area contributed by atoms with Gasteiger partial charge in [0.2, 0.25) is 0 Å². The van der Waals surface area contributed by atoms with Gasteiger partial charge in [0.15, 0.2) is 0 Å². The van der Waals surface area contributed by atoms with Crippen molar-refractivity contribution in [3.63, 3.8) is 0 Å². The first-order chi connectivity index (χ1) is 12.3. The van der Waals surface area contributed by atoms with Crippen LogP contribution in [0.15, 0.2) is 48.5 Å². The molecule has 1 aliphatic carbocycles. The third-order valence-corrected chi connectivity index (χ3v) is 4.50. The van der Waals surface area contributed by atoms with Crippen LogP contribution >= 0.6 is 0 Å². The Kier molecular flexibility index (Phi) is 4.57. The summed E-state index contributed by atoms with van der Waals surface area (Å²) in [6.45, 7) is 1.80. The van der Waals surface area contributed by atoms with Gasteiger partial charge >= 0.3 is 6.03 Å². The normalized spacial score (nSPS) is 16.8. The van der Waals surface area contributed by atoms with E-state index in [1.807, 2.05) is 24.3 Å². The standard InChI is InChI=1S/C20H22N2O3/c23-20(21-11-14-1-3-15(4-2-14)16-5-6-16)22-17-7-9-18(10-8-17)25-19-12-24-13-19/h1-4,7-10,16,19H,5-6,11-13H2,(H2,21,22,23). The average Bonchev–Trinajstić information content (AvgIpc) is 3.43. The highest BCUT2D eigenvalue weighted by Crippen LogP contribution is 2.39. The second-order valence-electron chi connectivity index (χ2n) is 6.63. The highest BCUT2D eigenvalue weighted by atomic mass is 16.6. The molecule has 5 nitrogen and oxygen atoms in total. The molecule has 1 saturated heterocycles. The molecule has 1 heterocycles. The predicted molar refractivity (Wildman–Crippen MR) is 96.0 cm³/mol. The Hall–Kier alpha value is -2.53. The number of carbonyl (C=O) groups excluding carboxylic acids is 1. The molecule has 2 aromatic carbocycles. The Bertz CT molecular complexity index is 720. The molecule has 0 spiro atoms. The van der Waals surface area contributed by atoms with Gasteiger partial charge in [0.25, 0.3) is 0 Å². The van der Waals surface area contributed by atoms with E-state index in [2.05, 4.69) is 34.9 Å². The first-order valence-electron chi connectivity index (χ1n) is 8.74. The fourth-order valence-electron chi connectivity index (χ4n) is 2.77. The molecule has 2 fully saturated rings. The van der Waals surface area contributed by atoms with Gasteiger partial charge in [-0.15, -0.1) is 0 Å². The summed E-state index contributed by atoms with van der Waals surface area (Å²) in [6.07, 6.45) is 2.75. The van der Waals surface area contributed by atoms with E-state index in [4.69, 9.17) is 9.47 Å². The predicted octanol–water partition coefficient (Wildman–Crippen LogP) is 3.66. The van der Waals surface area contributed by atoms with Gasteiger partial charge in [-0.25, -0.2) is 4.79 Å². The van der Waals surface area contributed by atoms with Crippen LogP contribution < -0.4 is 15.4 Å². The van der Waals surface area contributed by atoms with Crippen molar-refractivity contribution in [2.24, 2.45) is 0 Å². The van der Waals surface area contributed by atoms with Gasteiger partial charge in [-0.2, -0.15) is 0 Å². The molecule has 0 atom stereocenters. The maximum absolute atomic E-state index is 12.0. The van der Waals surface area contributed by atoms with Crippen molar-refractivity contribution in [2.75, 3.05) is 18.5 Å². The van der Waals surface area contributed by atoms with Crippen molar-refractivity contribution in [1.29, 1.82) is 0 Å².